The highest BCUT2D eigenvalue weighted by molar-refractivity contribution is 6.02. The van der Waals surface area contributed by atoms with Crippen LogP contribution in [0.5, 0.6) is 0 Å². The van der Waals surface area contributed by atoms with Crippen molar-refractivity contribution in [1.82, 2.24) is 9.97 Å². The fourth-order valence-electron chi connectivity index (χ4n) is 4.35. The molecule has 1 fully saturated rings. The van der Waals surface area contributed by atoms with Crippen molar-refractivity contribution < 1.29 is 13.9 Å². The Morgan fingerprint density at radius 2 is 2.18 bits per heavy atom. The molecule has 0 saturated carbocycles. The molecule has 5 rings (SSSR count). The highest BCUT2D eigenvalue weighted by Gasteiger charge is 2.44. The van der Waals surface area contributed by atoms with Crippen LogP contribution in [0.25, 0.3) is 0 Å². The van der Waals surface area contributed by atoms with Crippen LogP contribution in [0.1, 0.15) is 34.7 Å². The standard InChI is InChI=1S/C21H22N4O3/c26-20(18-11-22-14-23-18)24-15-3-4-19-17(10-15)21(5-8-27-9-6-21)13-25(19)12-16-2-1-7-28-16/h1-4,7,10-11,14H,5-6,8-9,12-13H2,(H,22,23)(H,24,26). The molecule has 3 aromatic rings. The summed E-state index contributed by atoms with van der Waals surface area (Å²) in [6.07, 6.45) is 6.69. The predicted molar refractivity (Wildman–Crippen MR) is 104 cm³/mol. The fraction of sp³-hybridized carbons (Fsp3) is 0.333. The van der Waals surface area contributed by atoms with Crippen LogP contribution in [0.3, 0.4) is 0 Å². The molecule has 2 aliphatic rings. The number of anilines is 2. The van der Waals surface area contributed by atoms with Gasteiger partial charge in [0.2, 0.25) is 0 Å². The van der Waals surface area contributed by atoms with E-state index in [1.807, 2.05) is 18.2 Å². The van der Waals surface area contributed by atoms with Gasteiger partial charge in [-0.05, 0) is 48.7 Å². The summed E-state index contributed by atoms with van der Waals surface area (Å²) in [5, 5.41) is 2.98. The third-order valence-electron chi connectivity index (χ3n) is 5.78. The van der Waals surface area contributed by atoms with Crippen LogP contribution >= 0.6 is 0 Å². The highest BCUT2D eigenvalue weighted by Crippen LogP contribution is 2.48. The Balaban J connectivity index is 1.47. The van der Waals surface area contributed by atoms with Gasteiger partial charge in [-0.1, -0.05) is 0 Å². The molecular weight excluding hydrogens is 356 g/mol. The molecule has 1 amide bonds. The van der Waals surface area contributed by atoms with Crippen LogP contribution in [0.15, 0.2) is 53.5 Å². The van der Waals surface area contributed by atoms with Crippen molar-refractivity contribution in [2.45, 2.75) is 24.8 Å². The number of fused-ring (bicyclic) bond motifs is 2. The number of H-pyrrole nitrogens is 1. The second kappa shape index (κ2) is 6.83. The summed E-state index contributed by atoms with van der Waals surface area (Å²) < 4.78 is 11.2. The summed E-state index contributed by atoms with van der Waals surface area (Å²) >= 11 is 0. The summed E-state index contributed by atoms with van der Waals surface area (Å²) in [6.45, 7) is 3.20. The van der Waals surface area contributed by atoms with E-state index >= 15 is 0 Å². The lowest BCUT2D eigenvalue weighted by Crippen LogP contribution is -2.38. The first-order valence-corrected chi connectivity index (χ1v) is 9.53. The van der Waals surface area contributed by atoms with Crippen LogP contribution < -0.4 is 10.2 Å². The van der Waals surface area contributed by atoms with Crippen molar-refractivity contribution >= 4 is 17.3 Å². The summed E-state index contributed by atoms with van der Waals surface area (Å²) in [5.41, 5.74) is 3.78. The number of aromatic amines is 1. The number of amides is 1. The van der Waals surface area contributed by atoms with E-state index in [1.165, 1.54) is 23.8 Å². The number of nitrogens with zero attached hydrogens (tertiary/aromatic N) is 2. The lowest BCUT2D eigenvalue weighted by molar-refractivity contribution is 0.0552. The molecule has 0 radical (unpaired) electrons. The number of benzene rings is 1. The molecule has 4 heterocycles. The van der Waals surface area contributed by atoms with E-state index in [-0.39, 0.29) is 11.3 Å². The van der Waals surface area contributed by atoms with Crippen LogP contribution in [-0.2, 0) is 16.7 Å². The fourth-order valence-corrected chi connectivity index (χ4v) is 4.35. The Kier molecular flexibility index (Phi) is 4.16. The predicted octanol–water partition coefficient (Wildman–Crippen LogP) is 3.32. The maximum absolute atomic E-state index is 12.4. The zero-order valence-electron chi connectivity index (χ0n) is 15.5. The number of aromatic nitrogens is 2. The molecule has 2 aliphatic heterocycles. The normalized spacial score (nSPS) is 17.6. The molecule has 0 aliphatic carbocycles. The molecule has 1 spiro atoms. The number of carbonyl (C=O) groups excluding carboxylic acids is 1. The van der Waals surface area contributed by atoms with Gasteiger partial charge in [0.05, 0.1) is 25.3 Å². The minimum absolute atomic E-state index is 0.0505. The van der Waals surface area contributed by atoms with E-state index in [1.54, 1.807) is 6.26 Å². The first kappa shape index (κ1) is 17.1. The first-order chi connectivity index (χ1) is 13.7. The number of carbonyl (C=O) groups is 1. The van der Waals surface area contributed by atoms with Crippen molar-refractivity contribution in [2.75, 3.05) is 30.0 Å². The molecule has 7 nitrogen and oxygen atoms in total. The number of hydrogen-bond donors (Lipinski definition) is 2. The summed E-state index contributed by atoms with van der Waals surface area (Å²) in [7, 11) is 0. The van der Waals surface area contributed by atoms with Crippen LogP contribution in [0.4, 0.5) is 11.4 Å². The van der Waals surface area contributed by atoms with Gasteiger partial charge in [-0.3, -0.25) is 4.79 Å². The summed E-state index contributed by atoms with van der Waals surface area (Å²) in [5.74, 6) is 0.760. The van der Waals surface area contributed by atoms with Crippen LogP contribution in [-0.4, -0.2) is 35.6 Å². The molecule has 2 aromatic heterocycles. The number of nitrogens with one attached hydrogen (secondary N) is 2. The summed E-state index contributed by atoms with van der Waals surface area (Å²) in [6, 6.07) is 10.1. The number of furan rings is 1. The third-order valence-corrected chi connectivity index (χ3v) is 5.78. The van der Waals surface area contributed by atoms with Crippen molar-refractivity contribution in [3.8, 4) is 0 Å². The maximum Gasteiger partial charge on any atom is 0.273 e. The molecule has 1 aromatic carbocycles. The van der Waals surface area contributed by atoms with Gasteiger partial charge in [0.25, 0.3) is 5.91 Å². The minimum Gasteiger partial charge on any atom is -0.467 e. The monoisotopic (exact) mass is 378 g/mol. The van der Waals surface area contributed by atoms with Gasteiger partial charge in [-0.2, -0.15) is 0 Å². The van der Waals surface area contributed by atoms with E-state index in [0.29, 0.717) is 5.69 Å². The lowest BCUT2D eigenvalue weighted by Gasteiger charge is -2.34. The van der Waals surface area contributed by atoms with Gasteiger partial charge in [0, 0.05) is 36.5 Å². The SMILES string of the molecule is O=C(Nc1ccc2c(c1)C1(CCOCC1)CN2Cc1ccco1)c1cnc[nH]1. The van der Waals surface area contributed by atoms with Crippen molar-refractivity contribution in [2.24, 2.45) is 0 Å². The van der Waals surface area contributed by atoms with Crippen LogP contribution in [0.2, 0.25) is 0 Å². The highest BCUT2D eigenvalue weighted by atomic mass is 16.5. The van der Waals surface area contributed by atoms with Crippen molar-refractivity contribution in [1.29, 1.82) is 0 Å². The Bertz CT molecular complexity index is 960. The number of ether oxygens (including phenoxy) is 1. The van der Waals surface area contributed by atoms with E-state index in [0.717, 1.165) is 50.6 Å². The minimum atomic E-state index is -0.191. The Hall–Kier alpha value is -3.06. The third kappa shape index (κ3) is 2.97. The molecule has 0 bridgehead atoms. The molecule has 0 unspecified atom stereocenters. The van der Waals surface area contributed by atoms with Gasteiger partial charge in [0.15, 0.2) is 0 Å². The molecule has 2 N–H and O–H groups in total. The van der Waals surface area contributed by atoms with Crippen LogP contribution in [0, 0.1) is 0 Å². The maximum atomic E-state index is 12.4. The smallest absolute Gasteiger partial charge is 0.273 e. The molecule has 1 saturated heterocycles. The molecule has 144 valence electrons. The first-order valence-electron chi connectivity index (χ1n) is 9.53. The van der Waals surface area contributed by atoms with Gasteiger partial charge >= 0.3 is 0 Å². The van der Waals surface area contributed by atoms with Gasteiger partial charge in [-0.15, -0.1) is 0 Å². The van der Waals surface area contributed by atoms with Gasteiger partial charge < -0.3 is 24.4 Å². The number of rotatable bonds is 4. The zero-order chi connectivity index (χ0) is 19.0. The molecule has 7 heteroatoms. The number of hydrogen-bond acceptors (Lipinski definition) is 5. The second-order valence-corrected chi connectivity index (χ2v) is 7.48. The van der Waals surface area contributed by atoms with E-state index < -0.39 is 0 Å². The quantitative estimate of drug-likeness (QED) is 0.728. The molecule has 28 heavy (non-hydrogen) atoms. The Labute approximate surface area is 162 Å². The molecule has 0 atom stereocenters. The summed E-state index contributed by atoms with van der Waals surface area (Å²) in [4.78, 5) is 21.5. The number of imidazole rings is 1. The van der Waals surface area contributed by atoms with Crippen molar-refractivity contribution in [3.05, 3.63) is 66.1 Å². The topological polar surface area (TPSA) is 83.4 Å². The average molecular weight is 378 g/mol. The van der Waals surface area contributed by atoms with E-state index in [9.17, 15) is 4.79 Å². The van der Waals surface area contributed by atoms with Gasteiger partial charge in [0.1, 0.15) is 11.5 Å². The van der Waals surface area contributed by atoms with E-state index in [4.69, 9.17) is 9.15 Å². The Morgan fingerprint density at radius 3 is 2.93 bits per heavy atom. The lowest BCUT2D eigenvalue weighted by atomic mass is 9.76. The van der Waals surface area contributed by atoms with E-state index in [2.05, 4.69) is 32.3 Å². The zero-order valence-corrected chi connectivity index (χ0v) is 15.5. The average Bonchev–Trinajstić information content (AvgIpc) is 3.46. The second-order valence-electron chi connectivity index (χ2n) is 7.48. The van der Waals surface area contributed by atoms with Crippen molar-refractivity contribution in [3.63, 3.8) is 0 Å². The Morgan fingerprint density at radius 1 is 1.29 bits per heavy atom. The van der Waals surface area contributed by atoms with Gasteiger partial charge in [-0.25, -0.2) is 4.98 Å². The molecular formula is C21H22N4O3. The largest absolute Gasteiger partial charge is 0.467 e.